The number of hydrogen-bond donors (Lipinski definition) is 3. The second-order valence-electron chi connectivity index (χ2n) is 2.89. The molecule has 1 aromatic carbocycles. The van der Waals surface area contributed by atoms with E-state index in [0.29, 0.717) is 0 Å². The number of methoxy groups -OCH3 is 1. The van der Waals surface area contributed by atoms with Crippen molar-refractivity contribution in [3.8, 4) is 5.75 Å². The molecule has 0 aliphatic heterocycles. The highest BCUT2D eigenvalue weighted by Crippen LogP contribution is 2.16. The Balaban J connectivity index is 0.000000921. The van der Waals surface area contributed by atoms with Crippen LogP contribution in [0.25, 0.3) is 0 Å². The molecule has 1 aromatic rings. The second kappa shape index (κ2) is 8.44. The van der Waals surface area contributed by atoms with Crippen LogP contribution in [0.4, 0.5) is 5.69 Å². The van der Waals surface area contributed by atoms with E-state index in [2.05, 4.69) is 30.2 Å². The van der Waals surface area contributed by atoms with Gasteiger partial charge in [-0.3, -0.25) is 0 Å². The van der Waals surface area contributed by atoms with Crippen LogP contribution in [0.5, 0.6) is 5.75 Å². The summed E-state index contributed by atoms with van der Waals surface area (Å²) in [6.07, 6.45) is 1.95. The quantitative estimate of drug-likeness (QED) is 0.546. The average molecular weight is 228 g/mol. The Morgan fingerprint density at radius 2 is 2.00 bits per heavy atom. The molecule has 0 radical (unpaired) electrons. The summed E-state index contributed by atoms with van der Waals surface area (Å²) in [6.45, 7) is 2.06. The first-order valence-corrected chi connectivity index (χ1v) is 5.68. The first-order chi connectivity index (χ1) is 7.26. The van der Waals surface area contributed by atoms with Crippen molar-refractivity contribution in [1.82, 2.24) is 5.32 Å². The molecule has 0 heterocycles. The summed E-state index contributed by atoms with van der Waals surface area (Å²) in [5.41, 5.74) is 1.06. The van der Waals surface area contributed by atoms with Gasteiger partial charge < -0.3 is 15.4 Å². The lowest BCUT2D eigenvalue weighted by Crippen LogP contribution is -2.29. The number of hydrogen-bond acceptors (Lipinski definition) is 4. The molecule has 86 valence electrons. The van der Waals surface area contributed by atoms with Gasteiger partial charge in [-0.1, -0.05) is 6.07 Å². The fraction of sp³-hybridized carbons (Fsp3) is 0.455. The van der Waals surface area contributed by atoms with Crippen LogP contribution in [0.2, 0.25) is 0 Å². The van der Waals surface area contributed by atoms with Crippen molar-refractivity contribution in [1.29, 1.82) is 0 Å². The molecule has 4 heteroatoms. The Labute approximate surface area is 97.6 Å². The summed E-state index contributed by atoms with van der Waals surface area (Å²) in [6, 6.07) is 7.86. The SMILES string of the molecule is CNC(C)Nc1cccc(OC)c1.CS. The minimum atomic E-state index is 0.257. The summed E-state index contributed by atoms with van der Waals surface area (Å²) in [5.74, 6) is 0.869. The highest BCUT2D eigenvalue weighted by atomic mass is 32.1. The van der Waals surface area contributed by atoms with Gasteiger partial charge >= 0.3 is 0 Å². The van der Waals surface area contributed by atoms with Gasteiger partial charge in [-0.25, -0.2) is 0 Å². The van der Waals surface area contributed by atoms with Gasteiger partial charge in [0.2, 0.25) is 0 Å². The van der Waals surface area contributed by atoms with Crippen LogP contribution in [0.1, 0.15) is 6.92 Å². The lowest BCUT2D eigenvalue weighted by atomic mass is 10.3. The molecule has 1 unspecified atom stereocenters. The number of nitrogens with one attached hydrogen (secondary N) is 2. The van der Waals surface area contributed by atoms with Crippen molar-refractivity contribution in [2.24, 2.45) is 0 Å². The zero-order valence-corrected chi connectivity index (χ0v) is 10.6. The van der Waals surface area contributed by atoms with Crippen LogP contribution in [-0.2, 0) is 0 Å². The molecule has 0 amide bonds. The van der Waals surface area contributed by atoms with E-state index in [-0.39, 0.29) is 6.17 Å². The van der Waals surface area contributed by atoms with Crippen LogP contribution < -0.4 is 15.4 Å². The standard InChI is InChI=1S/C10H16N2O.CH4S/c1-8(11-2)12-9-5-4-6-10(7-9)13-3;1-2/h4-8,11-12H,1-3H3;2H,1H3. The minimum absolute atomic E-state index is 0.257. The van der Waals surface area contributed by atoms with E-state index in [0.717, 1.165) is 11.4 Å². The molecule has 0 bridgehead atoms. The maximum Gasteiger partial charge on any atom is 0.120 e. The van der Waals surface area contributed by atoms with Crippen LogP contribution in [-0.4, -0.2) is 26.6 Å². The van der Waals surface area contributed by atoms with Gasteiger partial charge in [0.1, 0.15) is 5.75 Å². The molecule has 1 atom stereocenters. The van der Waals surface area contributed by atoms with Gasteiger partial charge in [-0.2, -0.15) is 12.6 Å². The van der Waals surface area contributed by atoms with Crippen LogP contribution in [0.15, 0.2) is 24.3 Å². The van der Waals surface area contributed by atoms with Crippen molar-refractivity contribution < 1.29 is 4.74 Å². The third-order valence-electron chi connectivity index (χ3n) is 1.89. The fourth-order valence-corrected chi connectivity index (χ4v) is 1.04. The highest BCUT2D eigenvalue weighted by Gasteiger charge is 1.98. The van der Waals surface area contributed by atoms with Crippen molar-refractivity contribution in [2.45, 2.75) is 13.1 Å². The molecule has 0 spiro atoms. The Kier molecular flexibility index (Phi) is 7.95. The lowest BCUT2D eigenvalue weighted by Gasteiger charge is -2.14. The van der Waals surface area contributed by atoms with Gasteiger partial charge in [0.05, 0.1) is 13.3 Å². The van der Waals surface area contributed by atoms with Crippen LogP contribution >= 0.6 is 12.6 Å². The van der Waals surface area contributed by atoms with Gasteiger partial charge in [0.25, 0.3) is 0 Å². The van der Waals surface area contributed by atoms with Crippen molar-refractivity contribution >= 4 is 18.3 Å². The number of ether oxygens (including phenoxy) is 1. The number of anilines is 1. The normalized spacial score (nSPS) is 11.0. The maximum atomic E-state index is 5.11. The third-order valence-corrected chi connectivity index (χ3v) is 1.89. The van der Waals surface area contributed by atoms with E-state index >= 15 is 0 Å². The smallest absolute Gasteiger partial charge is 0.120 e. The molecular weight excluding hydrogens is 208 g/mol. The van der Waals surface area contributed by atoms with E-state index in [1.54, 1.807) is 13.4 Å². The molecule has 0 saturated heterocycles. The van der Waals surface area contributed by atoms with Gasteiger partial charge in [0, 0.05) is 11.8 Å². The average Bonchev–Trinajstić information content (AvgIpc) is 2.31. The lowest BCUT2D eigenvalue weighted by molar-refractivity contribution is 0.415. The van der Waals surface area contributed by atoms with E-state index in [1.165, 1.54) is 0 Å². The van der Waals surface area contributed by atoms with Gasteiger partial charge in [-0.15, -0.1) is 0 Å². The largest absolute Gasteiger partial charge is 0.497 e. The summed E-state index contributed by atoms with van der Waals surface area (Å²) in [7, 11) is 3.58. The zero-order valence-electron chi connectivity index (χ0n) is 9.74. The highest BCUT2D eigenvalue weighted by molar-refractivity contribution is 7.79. The van der Waals surface area contributed by atoms with Gasteiger partial charge in [-0.05, 0) is 32.4 Å². The Morgan fingerprint density at radius 3 is 2.53 bits per heavy atom. The van der Waals surface area contributed by atoms with E-state index in [1.807, 2.05) is 31.3 Å². The van der Waals surface area contributed by atoms with Crippen molar-refractivity contribution in [3.63, 3.8) is 0 Å². The second-order valence-corrected chi connectivity index (χ2v) is 2.89. The minimum Gasteiger partial charge on any atom is -0.497 e. The first kappa shape index (κ1) is 14.1. The maximum absolute atomic E-state index is 5.11. The molecule has 1 rings (SSSR count). The Morgan fingerprint density at radius 1 is 1.33 bits per heavy atom. The van der Waals surface area contributed by atoms with E-state index in [4.69, 9.17) is 4.74 Å². The molecule has 0 aliphatic carbocycles. The summed E-state index contributed by atoms with van der Waals surface area (Å²) >= 11 is 3.53. The first-order valence-electron chi connectivity index (χ1n) is 4.79. The molecule has 3 nitrogen and oxygen atoms in total. The zero-order chi connectivity index (χ0) is 11.7. The van der Waals surface area contributed by atoms with Crippen molar-refractivity contribution in [2.75, 3.05) is 25.7 Å². The molecule has 0 aromatic heterocycles. The number of thiol groups is 1. The molecule has 0 aliphatic rings. The predicted molar refractivity (Wildman–Crippen MR) is 70.0 cm³/mol. The van der Waals surface area contributed by atoms with Crippen LogP contribution in [0, 0.1) is 0 Å². The molecule has 15 heavy (non-hydrogen) atoms. The van der Waals surface area contributed by atoms with E-state index in [9.17, 15) is 0 Å². The summed E-state index contributed by atoms with van der Waals surface area (Å²) < 4.78 is 5.11. The number of benzene rings is 1. The Bertz CT molecular complexity index is 269. The van der Waals surface area contributed by atoms with Crippen LogP contribution in [0.3, 0.4) is 0 Å². The predicted octanol–water partition coefficient (Wildman–Crippen LogP) is 2.22. The number of rotatable bonds is 4. The van der Waals surface area contributed by atoms with Crippen molar-refractivity contribution in [3.05, 3.63) is 24.3 Å². The molecule has 2 N–H and O–H groups in total. The molecular formula is C11H20N2OS. The van der Waals surface area contributed by atoms with E-state index < -0.39 is 0 Å². The molecule has 0 fully saturated rings. The Hall–Kier alpha value is -0.870. The fourth-order valence-electron chi connectivity index (χ4n) is 1.04. The summed E-state index contributed by atoms with van der Waals surface area (Å²) in [4.78, 5) is 0. The monoisotopic (exact) mass is 228 g/mol. The third kappa shape index (κ3) is 5.54. The molecule has 0 saturated carbocycles. The summed E-state index contributed by atoms with van der Waals surface area (Å²) in [5, 5.41) is 6.37. The topological polar surface area (TPSA) is 33.3 Å². The van der Waals surface area contributed by atoms with Gasteiger partial charge in [0.15, 0.2) is 0 Å².